The number of ether oxygens (including phenoxy) is 1. The van der Waals surface area contributed by atoms with Crippen molar-refractivity contribution in [3.05, 3.63) is 0 Å². The number of nitrogens with zero attached hydrogens (tertiary/aromatic N) is 1. The maximum atomic E-state index is 5.45. The monoisotopic (exact) mass is 251 g/mol. The van der Waals surface area contributed by atoms with Crippen LogP contribution in [-0.4, -0.2) is 42.6 Å². The van der Waals surface area contributed by atoms with Gasteiger partial charge < -0.3 is 4.74 Å². The van der Waals surface area contributed by atoms with Crippen LogP contribution in [0.3, 0.4) is 0 Å². The summed E-state index contributed by atoms with van der Waals surface area (Å²) >= 11 is 3.46. The lowest BCUT2D eigenvalue weighted by atomic mass is 10.3. The number of hydrogen-bond donors (Lipinski definition) is 0. The van der Waals surface area contributed by atoms with Gasteiger partial charge >= 0.3 is 0 Å². The molecule has 0 aromatic carbocycles. The maximum absolute atomic E-state index is 5.45. The first kappa shape index (κ1) is 13.4. The molecular formula is C10H22BrNO. The first-order valence-electron chi connectivity index (χ1n) is 5.10. The lowest BCUT2D eigenvalue weighted by molar-refractivity contribution is 0.0960. The van der Waals surface area contributed by atoms with Crippen molar-refractivity contribution in [2.75, 3.05) is 31.6 Å². The van der Waals surface area contributed by atoms with Crippen molar-refractivity contribution >= 4 is 15.9 Å². The molecule has 0 rings (SSSR count). The molecule has 0 spiro atoms. The van der Waals surface area contributed by atoms with Gasteiger partial charge in [-0.15, -0.1) is 0 Å². The standard InChI is InChI=1S/C10H22BrNO/c1-4-8-13-9-7-12(6-5-11)10(2)3/h10H,4-9H2,1-3H3. The Morgan fingerprint density at radius 1 is 1.23 bits per heavy atom. The molecule has 2 nitrogen and oxygen atoms in total. The van der Waals surface area contributed by atoms with Crippen LogP contribution in [0, 0.1) is 0 Å². The quantitative estimate of drug-likeness (QED) is 0.486. The zero-order valence-corrected chi connectivity index (χ0v) is 10.6. The Morgan fingerprint density at radius 3 is 2.38 bits per heavy atom. The molecule has 0 amide bonds. The van der Waals surface area contributed by atoms with Gasteiger partial charge in [0.2, 0.25) is 0 Å². The van der Waals surface area contributed by atoms with Gasteiger partial charge in [-0.05, 0) is 20.3 Å². The van der Waals surface area contributed by atoms with Crippen LogP contribution in [-0.2, 0) is 4.74 Å². The summed E-state index contributed by atoms with van der Waals surface area (Å²) in [6, 6.07) is 0.614. The van der Waals surface area contributed by atoms with Gasteiger partial charge in [0, 0.05) is 31.1 Å². The molecule has 0 aliphatic heterocycles. The van der Waals surface area contributed by atoms with Gasteiger partial charge in [-0.25, -0.2) is 0 Å². The molecule has 0 aliphatic carbocycles. The second-order valence-corrected chi connectivity index (χ2v) is 4.22. The fourth-order valence-corrected chi connectivity index (χ4v) is 1.62. The molecule has 0 fully saturated rings. The third-order valence-electron chi connectivity index (χ3n) is 1.97. The van der Waals surface area contributed by atoms with Crippen molar-refractivity contribution in [3.8, 4) is 0 Å². The number of hydrogen-bond acceptors (Lipinski definition) is 2. The topological polar surface area (TPSA) is 12.5 Å². The van der Waals surface area contributed by atoms with Crippen molar-refractivity contribution in [1.29, 1.82) is 0 Å². The maximum Gasteiger partial charge on any atom is 0.0593 e. The molecule has 0 saturated carbocycles. The average molecular weight is 252 g/mol. The van der Waals surface area contributed by atoms with Crippen molar-refractivity contribution in [3.63, 3.8) is 0 Å². The van der Waals surface area contributed by atoms with E-state index in [0.717, 1.165) is 38.1 Å². The lowest BCUT2D eigenvalue weighted by Crippen LogP contribution is -2.35. The summed E-state index contributed by atoms with van der Waals surface area (Å²) in [5.74, 6) is 0. The number of rotatable bonds is 8. The van der Waals surface area contributed by atoms with Crippen LogP contribution in [0.2, 0.25) is 0 Å². The van der Waals surface area contributed by atoms with E-state index in [-0.39, 0.29) is 0 Å². The summed E-state index contributed by atoms with van der Waals surface area (Å²) in [4.78, 5) is 2.42. The van der Waals surface area contributed by atoms with Crippen molar-refractivity contribution in [2.24, 2.45) is 0 Å². The highest BCUT2D eigenvalue weighted by molar-refractivity contribution is 9.09. The van der Waals surface area contributed by atoms with E-state index in [4.69, 9.17) is 4.74 Å². The van der Waals surface area contributed by atoms with Gasteiger partial charge in [-0.2, -0.15) is 0 Å². The molecule has 80 valence electrons. The largest absolute Gasteiger partial charge is 0.380 e. The fourth-order valence-electron chi connectivity index (χ4n) is 1.16. The summed E-state index contributed by atoms with van der Waals surface area (Å²) < 4.78 is 5.45. The molecule has 0 aromatic rings. The first-order chi connectivity index (χ1) is 6.22. The zero-order valence-electron chi connectivity index (χ0n) is 9.05. The Kier molecular flexibility index (Phi) is 9.25. The highest BCUT2D eigenvalue weighted by atomic mass is 79.9. The summed E-state index contributed by atoms with van der Waals surface area (Å²) in [6.07, 6.45) is 1.11. The Balaban J connectivity index is 3.45. The van der Waals surface area contributed by atoms with Gasteiger partial charge in [0.05, 0.1) is 6.61 Å². The SMILES string of the molecule is CCCOCCN(CCBr)C(C)C. The minimum atomic E-state index is 0.614. The van der Waals surface area contributed by atoms with Crippen LogP contribution in [0.25, 0.3) is 0 Å². The average Bonchev–Trinajstić information content (AvgIpc) is 2.10. The minimum Gasteiger partial charge on any atom is -0.380 e. The molecular weight excluding hydrogens is 230 g/mol. The third kappa shape index (κ3) is 7.47. The lowest BCUT2D eigenvalue weighted by Gasteiger charge is -2.25. The number of alkyl halides is 1. The van der Waals surface area contributed by atoms with E-state index < -0.39 is 0 Å². The van der Waals surface area contributed by atoms with Gasteiger partial charge in [-0.3, -0.25) is 4.90 Å². The Labute approximate surface area is 90.8 Å². The molecule has 13 heavy (non-hydrogen) atoms. The van der Waals surface area contributed by atoms with Crippen LogP contribution in [0.4, 0.5) is 0 Å². The highest BCUT2D eigenvalue weighted by Gasteiger charge is 2.07. The second-order valence-electron chi connectivity index (χ2n) is 3.43. The van der Waals surface area contributed by atoms with Crippen LogP contribution in [0.15, 0.2) is 0 Å². The van der Waals surface area contributed by atoms with Gasteiger partial charge in [0.15, 0.2) is 0 Å². The van der Waals surface area contributed by atoms with E-state index in [1.165, 1.54) is 0 Å². The van der Waals surface area contributed by atoms with Crippen molar-refractivity contribution < 1.29 is 4.74 Å². The molecule has 0 radical (unpaired) electrons. The molecule has 3 heteroatoms. The van der Waals surface area contributed by atoms with E-state index >= 15 is 0 Å². The van der Waals surface area contributed by atoms with Gasteiger partial charge in [0.1, 0.15) is 0 Å². The van der Waals surface area contributed by atoms with Crippen LogP contribution < -0.4 is 0 Å². The molecule has 0 unspecified atom stereocenters. The van der Waals surface area contributed by atoms with Crippen LogP contribution in [0.1, 0.15) is 27.2 Å². The Morgan fingerprint density at radius 2 is 1.92 bits per heavy atom. The molecule has 0 aromatic heterocycles. The number of halogens is 1. The van der Waals surface area contributed by atoms with Crippen LogP contribution in [0.5, 0.6) is 0 Å². The van der Waals surface area contributed by atoms with E-state index in [2.05, 4.69) is 41.6 Å². The summed E-state index contributed by atoms with van der Waals surface area (Å²) in [7, 11) is 0. The zero-order chi connectivity index (χ0) is 10.1. The third-order valence-corrected chi connectivity index (χ3v) is 2.33. The molecule has 0 saturated heterocycles. The summed E-state index contributed by atoms with van der Waals surface area (Å²) in [6.45, 7) is 10.5. The Bertz CT molecular complexity index is 109. The van der Waals surface area contributed by atoms with Crippen molar-refractivity contribution in [1.82, 2.24) is 4.90 Å². The normalized spacial score (nSPS) is 11.5. The second kappa shape index (κ2) is 8.97. The van der Waals surface area contributed by atoms with Gasteiger partial charge in [-0.1, -0.05) is 22.9 Å². The van der Waals surface area contributed by atoms with E-state index in [1.54, 1.807) is 0 Å². The van der Waals surface area contributed by atoms with E-state index in [1.807, 2.05) is 0 Å². The van der Waals surface area contributed by atoms with E-state index in [0.29, 0.717) is 6.04 Å². The first-order valence-corrected chi connectivity index (χ1v) is 6.22. The highest BCUT2D eigenvalue weighted by Crippen LogP contribution is 1.99. The van der Waals surface area contributed by atoms with Crippen molar-refractivity contribution in [2.45, 2.75) is 33.2 Å². The minimum absolute atomic E-state index is 0.614. The van der Waals surface area contributed by atoms with E-state index in [9.17, 15) is 0 Å². The smallest absolute Gasteiger partial charge is 0.0593 e. The fraction of sp³-hybridized carbons (Fsp3) is 1.00. The van der Waals surface area contributed by atoms with Crippen LogP contribution >= 0.6 is 15.9 Å². The van der Waals surface area contributed by atoms with Gasteiger partial charge in [0.25, 0.3) is 0 Å². The molecule has 0 aliphatic rings. The molecule has 0 heterocycles. The molecule has 0 bridgehead atoms. The Hall–Kier alpha value is 0.400. The predicted molar refractivity (Wildman–Crippen MR) is 61.6 cm³/mol. The molecule has 0 N–H and O–H groups in total. The summed E-state index contributed by atoms with van der Waals surface area (Å²) in [5, 5.41) is 1.04. The summed E-state index contributed by atoms with van der Waals surface area (Å²) in [5.41, 5.74) is 0. The molecule has 0 atom stereocenters. The predicted octanol–water partition coefficient (Wildman–Crippen LogP) is 2.52.